The number of rotatable bonds is 6. The van der Waals surface area contributed by atoms with Gasteiger partial charge in [-0.25, -0.2) is 5.26 Å². The second-order valence-corrected chi connectivity index (χ2v) is 9.00. The standard InChI is InChI=1S/C15H22O6S/c1-14(2,22-21-20-18)8-19-13(17)15-5-9-3-10(6-15)12(16)11(4-9)7-15/h9-11,18H,3-8H2,1-2H3. The van der Waals surface area contributed by atoms with Gasteiger partial charge in [-0.2, -0.15) is 0 Å². The first-order valence-electron chi connectivity index (χ1n) is 7.72. The molecule has 0 aromatic rings. The smallest absolute Gasteiger partial charge is 0.312 e. The van der Waals surface area contributed by atoms with Crippen LogP contribution >= 0.6 is 12.0 Å². The van der Waals surface area contributed by atoms with Crippen molar-refractivity contribution >= 4 is 23.8 Å². The van der Waals surface area contributed by atoms with E-state index in [1.807, 2.05) is 13.8 Å². The minimum absolute atomic E-state index is 0.0623. The third-order valence-corrected chi connectivity index (χ3v) is 5.97. The highest BCUT2D eigenvalue weighted by Crippen LogP contribution is 2.59. The van der Waals surface area contributed by atoms with Crippen LogP contribution in [0.25, 0.3) is 0 Å². The minimum atomic E-state index is -0.531. The number of hydrogen-bond donors (Lipinski definition) is 1. The van der Waals surface area contributed by atoms with Crippen LogP contribution in [0.1, 0.15) is 46.0 Å². The summed E-state index contributed by atoms with van der Waals surface area (Å²) in [5, 5.41) is 11.8. The Kier molecular flexibility index (Phi) is 4.26. The van der Waals surface area contributed by atoms with E-state index in [0.29, 0.717) is 24.5 Å². The summed E-state index contributed by atoms with van der Waals surface area (Å²) in [5.41, 5.74) is -0.459. The van der Waals surface area contributed by atoms with E-state index in [1.165, 1.54) is 0 Å². The summed E-state index contributed by atoms with van der Waals surface area (Å²) in [6, 6.07) is 0. The summed E-state index contributed by atoms with van der Waals surface area (Å²) in [4.78, 5) is 24.8. The Morgan fingerprint density at radius 3 is 2.55 bits per heavy atom. The van der Waals surface area contributed by atoms with Crippen LogP contribution in [-0.4, -0.2) is 28.4 Å². The fourth-order valence-electron chi connectivity index (χ4n) is 4.52. The SMILES string of the molecule is CC(C)(COC(=O)C12CC3CC(C1)C(=O)C(C3)C2)SOOO. The largest absolute Gasteiger partial charge is 0.464 e. The number of Topliss-reactive ketones (excluding diaryl/α,β-unsaturated/α-hetero) is 1. The quantitative estimate of drug-likeness (QED) is 0.347. The summed E-state index contributed by atoms with van der Waals surface area (Å²) >= 11 is 0.895. The topological polar surface area (TPSA) is 82.1 Å². The van der Waals surface area contributed by atoms with Crippen molar-refractivity contribution in [2.24, 2.45) is 23.2 Å². The number of carbonyl (C=O) groups excluding carboxylic acids is 2. The van der Waals surface area contributed by atoms with Crippen molar-refractivity contribution in [2.75, 3.05) is 6.61 Å². The minimum Gasteiger partial charge on any atom is -0.464 e. The van der Waals surface area contributed by atoms with Crippen molar-refractivity contribution < 1.29 is 29.0 Å². The lowest BCUT2D eigenvalue weighted by Gasteiger charge is -2.54. The third kappa shape index (κ3) is 2.91. The molecule has 0 radical (unpaired) electrons. The molecule has 1 N–H and O–H groups in total. The Hall–Kier alpha value is -0.630. The first kappa shape index (κ1) is 16.2. The molecule has 6 nitrogen and oxygen atoms in total. The van der Waals surface area contributed by atoms with Gasteiger partial charge < -0.3 is 4.74 Å². The fourth-order valence-corrected chi connectivity index (χ4v) is 4.84. The van der Waals surface area contributed by atoms with Gasteiger partial charge in [-0.1, -0.05) is 5.04 Å². The summed E-state index contributed by atoms with van der Waals surface area (Å²) in [6.45, 7) is 3.82. The van der Waals surface area contributed by atoms with E-state index in [-0.39, 0.29) is 24.4 Å². The molecule has 4 aliphatic carbocycles. The summed E-state index contributed by atoms with van der Waals surface area (Å²) in [5.74, 6) is 0.803. The number of ketones is 1. The van der Waals surface area contributed by atoms with Gasteiger partial charge in [0.15, 0.2) is 0 Å². The molecular weight excluding hydrogens is 308 g/mol. The van der Waals surface area contributed by atoms with Crippen LogP contribution in [0.4, 0.5) is 0 Å². The Bertz CT molecular complexity index is 459. The molecule has 0 amide bonds. The van der Waals surface area contributed by atoms with Crippen LogP contribution in [0.2, 0.25) is 0 Å². The zero-order valence-corrected chi connectivity index (χ0v) is 13.7. The van der Waals surface area contributed by atoms with Gasteiger partial charge in [0.1, 0.15) is 12.4 Å². The molecule has 4 rings (SSSR count). The first-order valence-corrected chi connectivity index (χ1v) is 8.46. The molecule has 0 heterocycles. The highest BCUT2D eigenvalue weighted by atomic mass is 32.2. The second kappa shape index (κ2) is 5.78. The lowest BCUT2D eigenvalue weighted by Crippen LogP contribution is -2.55. The zero-order chi connectivity index (χ0) is 16.0. The van der Waals surface area contributed by atoms with Crippen LogP contribution in [-0.2, 0) is 23.7 Å². The molecule has 4 fully saturated rings. The summed E-state index contributed by atoms with van der Waals surface area (Å²) in [7, 11) is 0. The molecule has 4 aliphatic rings. The molecule has 0 spiro atoms. The van der Waals surface area contributed by atoms with E-state index in [0.717, 1.165) is 31.3 Å². The van der Waals surface area contributed by atoms with E-state index in [4.69, 9.17) is 9.99 Å². The predicted molar refractivity (Wildman–Crippen MR) is 78.4 cm³/mol. The van der Waals surface area contributed by atoms with Gasteiger partial charge in [-0.15, -0.1) is 4.33 Å². The number of hydrogen-bond acceptors (Lipinski definition) is 7. The van der Waals surface area contributed by atoms with Crippen LogP contribution < -0.4 is 0 Å². The van der Waals surface area contributed by atoms with Gasteiger partial charge in [0.25, 0.3) is 0 Å². The molecule has 0 aliphatic heterocycles. The lowest BCUT2D eigenvalue weighted by atomic mass is 9.49. The van der Waals surface area contributed by atoms with Gasteiger partial charge in [0.05, 0.1) is 10.2 Å². The summed E-state index contributed by atoms with van der Waals surface area (Å²) < 4.78 is 9.43. The van der Waals surface area contributed by atoms with Crippen molar-refractivity contribution in [3.63, 3.8) is 0 Å². The van der Waals surface area contributed by atoms with Gasteiger partial charge in [0, 0.05) is 23.9 Å². The molecular formula is C15H22O6S. The summed E-state index contributed by atoms with van der Waals surface area (Å²) in [6.07, 6.45) is 4.07. The maximum atomic E-state index is 12.7. The second-order valence-electron chi connectivity index (χ2n) is 7.59. The molecule has 0 aromatic heterocycles. The Morgan fingerprint density at radius 2 is 1.95 bits per heavy atom. The molecule has 4 saturated carbocycles. The van der Waals surface area contributed by atoms with E-state index < -0.39 is 10.2 Å². The first-order chi connectivity index (χ1) is 10.4. The van der Waals surface area contributed by atoms with Crippen LogP contribution in [0.15, 0.2) is 0 Å². The van der Waals surface area contributed by atoms with Gasteiger partial charge in [0.2, 0.25) is 0 Å². The zero-order valence-electron chi connectivity index (χ0n) is 12.9. The molecule has 124 valence electrons. The van der Waals surface area contributed by atoms with Crippen molar-refractivity contribution in [1.29, 1.82) is 0 Å². The normalized spacial score (nSPS) is 36.7. The average molecular weight is 330 g/mol. The number of carbonyl (C=O) groups is 2. The Labute approximate surface area is 133 Å². The van der Waals surface area contributed by atoms with Crippen molar-refractivity contribution in [1.82, 2.24) is 0 Å². The van der Waals surface area contributed by atoms with Crippen LogP contribution in [0, 0.1) is 23.2 Å². The maximum absolute atomic E-state index is 12.7. The van der Waals surface area contributed by atoms with Crippen LogP contribution in [0.5, 0.6) is 0 Å². The van der Waals surface area contributed by atoms with Crippen molar-refractivity contribution in [3.05, 3.63) is 0 Å². The van der Waals surface area contributed by atoms with Gasteiger partial charge in [-0.3, -0.25) is 9.59 Å². The predicted octanol–water partition coefficient (Wildman–Crippen LogP) is 2.77. The average Bonchev–Trinajstić information content (AvgIpc) is 2.47. The Balaban J connectivity index is 1.62. The third-order valence-electron chi connectivity index (χ3n) is 5.27. The highest BCUT2D eigenvalue weighted by Gasteiger charge is 2.59. The molecule has 2 atom stereocenters. The van der Waals surface area contributed by atoms with Crippen molar-refractivity contribution in [2.45, 2.75) is 50.7 Å². The molecule has 22 heavy (non-hydrogen) atoms. The molecule has 0 saturated heterocycles. The molecule has 4 bridgehead atoms. The Morgan fingerprint density at radius 1 is 1.32 bits per heavy atom. The monoisotopic (exact) mass is 330 g/mol. The van der Waals surface area contributed by atoms with E-state index in [9.17, 15) is 9.59 Å². The van der Waals surface area contributed by atoms with Gasteiger partial charge in [-0.05, 0) is 51.9 Å². The number of ether oxygens (including phenoxy) is 1. The fraction of sp³-hybridized carbons (Fsp3) is 0.867. The van der Waals surface area contributed by atoms with Crippen LogP contribution in [0.3, 0.4) is 0 Å². The van der Waals surface area contributed by atoms with Gasteiger partial charge >= 0.3 is 5.97 Å². The highest BCUT2D eigenvalue weighted by molar-refractivity contribution is 7.95. The van der Waals surface area contributed by atoms with E-state index >= 15 is 0 Å². The molecule has 2 unspecified atom stereocenters. The maximum Gasteiger partial charge on any atom is 0.312 e. The molecule has 0 aromatic carbocycles. The molecule has 7 heteroatoms. The van der Waals surface area contributed by atoms with Crippen molar-refractivity contribution in [3.8, 4) is 0 Å². The van der Waals surface area contributed by atoms with E-state index in [1.54, 1.807) is 0 Å². The lowest BCUT2D eigenvalue weighted by molar-refractivity contribution is -0.432. The number of esters is 1. The van der Waals surface area contributed by atoms with E-state index in [2.05, 4.69) is 9.37 Å².